The number of likely N-dealkylation sites (tertiary alicyclic amines) is 1. The molecule has 2 aliphatic heterocycles. The Kier molecular flexibility index (Phi) is 9.56. The van der Waals surface area contributed by atoms with E-state index in [9.17, 15) is 14.4 Å². The summed E-state index contributed by atoms with van der Waals surface area (Å²) < 4.78 is 41.9. The number of aryl methyl sites for hydroxylation is 1. The highest BCUT2D eigenvalue weighted by Crippen LogP contribution is 2.36. The van der Waals surface area contributed by atoms with Crippen LogP contribution in [-0.4, -0.2) is 102 Å². The summed E-state index contributed by atoms with van der Waals surface area (Å²) in [6.45, 7) is 3.70. The number of piperazine rings is 1. The Balaban J connectivity index is 1.41. The third kappa shape index (κ3) is 6.59. The Labute approximate surface area is 272 Å². The van der Waals surface area contributed by atoms with Crippen molar-refractivity contribution in [3.05, 3.63) is 66.1 Å². The fraction of sp³-hybridized carbons (Fsp3) is 0.400. The van der Waals surface area contributed by atoms with Gasteiger partial charge in [-0.3, -0.25) is 14.7 Å². The molecule has 12 heteroatoms. The summed E-state index contributed by atoms with van der Waals surface area (Å²) in [6.07, 6.45) is 4.14. The minimum atomic E-state index is -0.947. The predicted octanol–water partition coefficient (Wildman–Crippen LogP) is 4.85. The number of amides is 1. The number of fused-ring (bicyclic) bond motifs is 2. The molecule has 0 bridgehead atoms. The molecule has 0 unspecified atom stereocenters. The van der Waals surface area contributed by atoms with Gasteiger partial charge in [0.05, 0.1) is 30.5 Å². The number of hydrogen-bond acceptors (Lipinski definition) is 9. The first-order chi connectivity index (χ1) is 22.8. The van der Waals surface area contributed by atoms with Gasteiger partial charge in [-0.2, -0.15) is 15.2 Å². The number of likely N-dealkylation sites (N-methyl/N-ethyl adjacent to an activating group) is 1. The van der Waals surface area contributed by atoms with Crippen molar-refractivity contribution in [1.82, 2.24) is 24.8 Å². The highest BCUT2D eigenvalue weighted by molar-refractivity contribution is 6.00. The summed E-state index contributed by atoms with van der Waals surface area (Å²) in [5.74, 6) is -0.433. The zero-order chi connectivity index (χ0) is 33.1. The summed E-state index contributed by atoms with van der Waals surface area (Å²) in [7, 11) is 3.38. The standard InChI is InChI=1S/C35H37F2N7O3/c1-22-7-4-8-23-9-5-10-27(30(22)23)32-31(37)33-28(18-39-32)34(41-35(40-33)47-21-26-17-24(36)19-42(26)2)43-14-15-44(25(20-43)12-13-38)29(45)11-6-16-46-3/h4-11,18,24-26H,12,14-17,19-21H2,1-3H3/b11-6+/t24-,25+,26+/m1/s1. The first-order valence-electron chi connectivity index (χ1n) is 15.7. The fourth-order valence-electron chi connectivity index (χ4n) is 6.58. The number of ether oxygens (including phenoxy) is 2. The van der Waals surface area contributed by atoms with Gasteiger partial charge >= 0.3 is 6.01 Å². The molecular formula is C35H37F2N7O3. The Morgan fingerprint density at radius 3 is 2.70 bits per heavy atom. The molecular weight excluding hydrogens is 604 g/mol. The van der Waals surface area contributed by atoms with E-state index in [4.69, 9.17) is 14.5 Å². The van der Waals surface area contributed by atoms with Gasteiger partial charge < -0.3 is 19.3 Å². The molecule has 4 aromatic rings. The van der Waals surface area contributed by atoms with Crippen LogP contribution in [0.25, 0.3) is 32.9 Å². The smallest absolute Gasteiger partial charge is 0.319 e. The predicted molar refractivity (Wildman–Crippen MR) is 175 cm³/mol. The van der Waals surface area contributed by atoms with Gasteiger partial charge in [-0.1, -0.05) is 42.5 Å². The van der Waals surface area contributed by atoms with Crippen molar-refractivity contribution in [2.45, 2.75) is 38.0 Å². The number of carbonyl (C=O) groups is 1. The lowest BCUT2D eigenvalue weighted by atomic mass is 9.97. The van der Waals surface area contributed by atoms with Crippen LogP contribution in [0.4, 0.5) is 14.6 Å². The zero-order valence-electron chi connectivity index (χ0n) is 26.7. The van der Waals surface area contributed by atoms with Gasteiger partial charge in [-0.05, 0) is 36.7 Å². The number of methoxy groups -OCH3 is 1. The van der Waals surface area contributed by atoms with Crippen LogP contribution in [0.3, 0.4) is 0 Å². The molecule has 244 valence electrons. The number of nitrogens with zero attached hydrogens (tertiary/aromatic N) is 7. The average Bonchev–Trinajstić information content (AvgIpc) is 3.40. The SMILES string of the molecule is COC/C=C/C(=O)N1CCN(c2nc(OC[C@@H]3C[C@@H](F)CN3C)nc3c(F)c(-c4cccc5cccc(C)c45)ncc23)C[C@@H]1CC#N. The summed E-state index contributed by atoms with van der Waals surface area (Å²) >= 11 is 0. The molecule has 1 amide bonds. The van der Waals surface area contributed by atoms with Gasteiger partial charge in [-0.15, -0.1) is 0 Å². The molecule has 0 saturated carbocycles. The number of pyridine rings is 1. The summed E-state index contributed by atoms with van der Waals surface area (Å²) in [6, 6.07) is 13.2. The minimum absolute atomic E-state index is 0.0359. The van der Waals surface area contributed by atoms with Crippen LogP contribution in [-0.2, 0) is 9.53 Å². The van der Waals surface area contributed by atoms with E-state index < -0.39 is 18.0 Å². The van der Waals surface area contributed by atoms with Crippen molar-refractivity contribution in [2.75, 3.05) is 58.5 Å². The van der Waals surface area contributed by atoms with Gasteiger partial charge in [0.2, 0.25) is 5.91 Å². The van der Waals surface area contributed by atoms with Crippen LogP contribution < -0.4 is 9.64 Å². The maximum absolute atomic E-state index is 16.7. The van der Waals surface area contributed by atoms with Gasteiger partial charge in [0.15, 0.2) is 5.82 Å². The third-order valence-electron chi connectivity index (χ3n) is 8.97. The average molecular weight is 642 g/mol. The molecule has 47 heavy (non-hydrogen) atoms. The number of nitriles is 1. The molecule has 2 aliphatic rings. The fourth-order valence-corrected chi connectivity index (χ4v) is 6.58. The third-order valence-corrected chi connectivity index (χ3v) is 8.97. The topological polar surface area (TPSA) is 108 Å². The normalized spacial score (nSPS) is 20.4. The quantitative estimate of drug-likeness (QED) is 0.237. The molecule has 2 fully saturated rings. The van der Waals surface area contributed by atoms with Crippen molar-refractivity contribution in [3.63, 3.8) is 0 Å². The molecule has 2 aromatic heterocycles. The van der Waals surface area contributed by atoms with Crippen molar-refractivity contribution >= 4 is 33.4 Å². The first-order valence-corrected chi connectivity index (χ1v) is 15.7. The van der Waals surface area contributed by atoms with E-state index in [1.165, 1.54) is 6.08 Å². The van der Waals surface area contributed by atoms with Gasteiger partial charge in [0, 0.05) is 57.2 Å². The number of rotatable bonds is 9. The van der Waals surface area contributed by atoms with E-state index in [1.807, 2.05) is 60.2 Å². The van der Waals surface area contributed by atoms with Gasteiger partial charge in [0.1, 0.15) is 29.8 Å². The van der Waals surface area contributed by atoms with Crippen LogP contribution >= 0.6 is 0 Å². The van der Waals surface area contributed by atoms with Crippen LogP contribution in [0.1, 0.15) is 18.4 Å². The molecule has 0 spiro atoms. The highest BCUT2D eigenvalue weighted by Gasteiger charge is 2.33. The number of anilines is 1. The van der Waals surface area contributed by atoms with E-state index in [-0.39, 0.29) is 48.7 Å². The summed E-state index contributed by atoms with van der Waals surface area (Å²) in [4.78, 5) is 32.3. The maximum Gasteiger partial charge on any atom is 0.319 e. The number of alkyl halides is 1. The van der Waals surface area contributed by atoms with E-state index >= 15 is 4.39 Å². The van der Waals surface area contributed by atoms with E-state index in [0.717, 1.165) is 16.3 Å². The number of hydrogen-bond donors (Lipinski definition) is 0. The van der Waals surface area contributed by atoms with E-state index in [2.05, 4.69) is 16.0 Å². The lowest BCUT2D eigenvalue weighted by Crippen LogP contribution is -2.55. The van der Waals surface area contributed by atoms with Crippen molar-refractivity contribution < 1.29 is 23.0 Å². The van der Waals surface area contributed by atoms with Crippen molar-refractivity contribution in [1.29, 1.82) is 5.26 Å². The molecule has 4 heterocycles. The Morgan fingerprint density at radius 2 is 1.96 bits per heavy atom. The van der Waals surface area contributed by atoms with Crippen LogP contribution in [0, 0.1) is 24.1 Å². The number of halogens is 2. The zero-order valence-corrected chi connectivity index (χ0v) is 26.7. The summed E-state index contributed by atoms with van der Waals surface area (Å²) in [5, 5.41) is 11.9. The second-order valence-corrected chi connectivity index (χ2v) is 12.1. The monoisotopic (exact) mass is 641 g/mol. The lowest BCUT2D eigenvalue weighted by Gasteiger charge is -2.41. The Bertz CT molecular complexity index is 1860. The molecule has 6 rings (SSSR count). The van der Waals surface area contributed by atoms with Crippen LogP contribution in [0.15, 0.2) is 54.7 Å². The minimum Gasteiger partial charge on any atom is -0.462 e. The highest BCUT2D eigenvalue weighted by atomic mass is 19.1. The summed E-state index contributed by atoms with van der Waals surface area (Å²) in [5.41, 5.74) is 1.84. The van der Waals surface area contributed by atoms with Crippen molar-refractivity contribution in [2.24, 2.45) is 0 Å². The van der Waals surface area contributed by atoms with E-state index in [0.29, 0.717) is 49.4 Å². The van der Waals surface area contributed by atoms with Crippen LogP contribution in [0.5, 0.6) is 6.01 Å². The maximum atomic E-state index is 16.7. The Hall–Kier alpha value is -4.73. The van der Waals surface area contributed by atoms with E-state index in [1.54, 1.807) is 24.3 Å². The number of carbonyl (C=O) groups excluding carboxylic acids is 1. The van der Waals surface area contributed by atoms with Crippen molar-refractivity contribution in [3.8, 4) is 23.3 Å². The van der Waals surface area contributed by atoms with Gasteiger partial charge in [0.25, 0.3) is 0 Å². The molecule has 2 aromatic carbocycles. The molecule has 0 N–H and O–H groups in total. The molecule has 2 saturated heterocycles. The lowest BCUT2D eigenvalue weighted by molar-refractivity contribution is -0.128. The molecule has 3 atom stereocenters. The Morgan fingerprint density at radius 1 is 1.15 bits per heavy atom. The molecule has 10 nitrogen and oxygen atoms in total. The van der Waals surface area contributed by atoms with Gasteiger partial charge in [-0.25, -0.2) is 8.78 Å². The molecule has 0 radical (unpaired) electrons. The molecule has 0 aliphatic carbocycles. The number of benzene rings is 2. The second-order valence-electron chi connectivity index (χ2n) is 12.1. The number of aromatic nitrogens is 3. The van der Waals surface area contributed by atoms with Crippen LogP contribution in [0.2, 0.25) is 0 Å². The first kappa shape index (κ1) is 32.2. The second kappa shape index (κ2) is 13.9. The largest absolute Gasteiger partial charge is 0.462 e.